The summed E-state index contributed by atoms with van der Waals surface area (Å²) in [6.45, 7) is 4.90. The van der Waals surface area contributed by atoms with Gasteiger partial charge < -0.3 is 0 Å². The fourth-order valence-corrected chi connectivity index (χ4v) is 0.848. The molecule has 0 radical (unpaired) electrons. The summed E-state index contributed by atoms with van der Waals surface area (Å²) in [7, 11) is 0. The van der Waals surface area contributed by atoms with Crippen molar-refractivity contribution in [1.29, 1.82) is 0 Å². The van der Waals surface area contributed by atoms with E-state index >= 15 is 0 Å². The van der Waals surface area contributed by atoms with E-state index in [1.54, 1.807) is 20.0 Å². The third kappa shape index (κ3) is 3.42. The lowest BCUT2D eigenvalue weighted by molar-refractivity contribution is -0.111. The van der Waals surface area contributed by atoms with Crippen molar-refractivity contribution in [3.8, 4) is 0 Å². The van der Waals surface area contributed by atoms with Crippen LogP contribution in [0.3, 0.4) is 0 Å². The molecule has 0 fully saturated rings. The minimum Gasteiger partial charge on any atom is -0.293 e. The van der Waals surface area contributed by atoms with Gasteiger partial charge in [-0.25, -0.2) is 0 Å². The molecule has 0 unspecified atom stereocenters. The Morgan fingerprint density at radius 2 is 1.93 bits per heavy atom. The highest BCUT2D eigenvalue weighted by molar-refractivity contribution is 6.38. The van der Waals surface area contributed by atoms with Gasteiger partial charge in [-0.05, 0) is 26.0 Å². The summed E-state index contributed by atoms with van der Waals surface area (Å²) < 4.78 is 0. The van der Waals surface area contributed by atoms with Gasteiger partial charge in [0, 0.05) is 13.1 Å². The van der Waals surface area contributed by atoms with E-state index in [4.69, 9.17) is 0 Å². The van der Waals surface area contributed by atoms with Crippen molar-refractivity contribution in [1.82, 2.24) is 4.98 Å². The van der Waals surface area contributed by atoms with Crippen LogP contribution >= 0.6 is 0 Å². The first-order valence-electron chi connectivity index (χ1n) is 4.62. The Bertz CT molecular complexity index is 407. The van der Waals surface area contributed by atoms with Crippen molar-refractivity contribution in [3.05, 3.63) is 30.1 Å². The zero-order chi connectivity index (χ0) is 11.3. The zero-order valence-corrected chi connectivity index (χ0v) is 9.06. The van der Waals surface area contributed by atoms with Gasteiger partial charge in [0.1, 0.15) is 5.71 Å². The molecule has 0 aromatic carbocycles. The molecule has 1 aromatic heterocycles. The molecule has 0 aliphatic heterocycles. The second kappa shape index (κ2) is 5.14. The van der Waals surface area contributed by atoms with Crippen LogP contribution in [-0.2, 0) is 4.79 Å². The van der Waals surface area contributed by atoms with E-state index in [9.17, 15) is 4.79 Å². The SMILES string of the molecule is CC(=O)/C(C)=N/N=C(\C)c1ccccn1. The van der Waals surface area contributed by atoms with Crippen molar-refractivity contribution < 1.29 is 4.79 Å². The van der Waals surface area contributed by atoms with Crippen LogP contribution in [0, 0.1) is 0 Å². The van der Waals surface area contributed by atoms with Crippen LogP contribution in [0.5, 0.6) is 0 Å². The van der Waals surface area contributed by atoms with Crippen molar-refractivity contribution in [2.24, 2.45) is 10.2 Å². The lowest BCUT2D eigenvalue weighted by atomic mass is 10.3. The lowest BCUT2D eigenvalue weighted by Crippen LogP contribution is -2.04. The molecule has 0 atom stereocenters. The molecule has 0 spiro atoms. The largest absolute Gasteiger partial charge is 0.293 e. The molecule has 1 aromatic rings. The number of nitrogens with zero attached hydrogens (tertiary/aromatic N) is 3. The van der Waals surface area contributed by atoms with Crippen LogP contribution in [0.1, 0.15) is 26.5 Å². The second-order valence-electron chi connectivity index (χ2n) is 3.14. The van der Waals surface area contributed by atoms with Crippen LogP contribution in [0.25, 0.3) is 0 Å². The Kier molecular flexibility index (Phi) is 3.85. The molecule has 1 rings (SSSR count). The number of carbonyl (C=O) groups is 1. The van der Waals surface area contributed by atoms with Gasteiger partial charge in [0.05, 0.1) is 11.4 Å². The fourth-order valence-electron chi connectivity index (χ4n) is 0.848. The molecule has 4 heteroatoms. The van der Waals surface area contributed by atoms with Crippen LogP contribution < -0.4 is 0 Å². The van der Waals surface area contributed by atoms with Gasteiger partial charge in [0.25, 0.3) is 0 Å². The average Bonchev–Trinajstić information content (AvgIpc) is 2.26. The van der Waals surface area contributed by atoms with E-state index in [2.05, 4.69) is 15.2 Å². The van der Waals surface area contributed by atoms with Gasteiger partial charge in [-0.3, -0.25) is 9.78 Å². The summed E-state index contributed by atoms with van der Waals surface area (Å²) in [6.07, 6.45) is 1.69. The molecule has 0 saturated heterocycles. The second-order valence-corrected chi connectivity index (χ2v) is 3.14. The van der Waals surface area contributed by atoms with Crippen molar-refractivity contribution in [2.75, 3.05) is 0 Å². The quantitative estimate of drug-likeness (QED) is 0.556. The smallest absolute Gasteiger partial charge is 0.175 e. The number of aromatic nitrogens is 1. The van der Waals surface area contributed by atoms with E-state index < -0.39 is 0 Å². The van der Waals surface area contributed by atoms with Crippen LogP contribution in [0.4, 0.5) is 0 Å². The monoisotopic (exact) mass is 203 g/mol. The first kappa shape index (κ1) is 11.2. The van der Waals surface area contributed by atoms with E-state index in [1.165, 1.54) is 6.92 Å². The van der Waals surface area contributed by atoms with Gasteiger partial charge in [0.2, 0.25) is 0 Å². The molecule has 0 N–H and O–H groups in total. The number of rotatable bonds is 3. The van der Waals surface area contributed by atoms with Gasteiger partial charge in [-0.1, -0.05) is 6.07 Å². The summed E-state index contributed by atoms with van der Waals surface area (Å²) in [5.74, 6) is -0.0763. The Morgan fingerprint density at radius 3 is 2.47 bits per heavy atom. The highest BCUT2D eigenvalue weighted by Gasteiger charge is 1.98. The number of pyridine rings is 1. The Morgan fingerprint density at radius 1 is 1.20 bits per heavy atom. The Balaban J connectivity index is 2.86. The number of ketones is 1. The molecule has 1 heterocycles. The summed E-state index contributed by atoms with van der Waals surface area (Å²) in [5.41, 5.74) is 1.85. The maximum absolute atomic E-state index is 10.9. The van der Waals surface area contributed by atoms with Crippen LogP contribution in [0.2, 0.25) is 0 Å². The Labute approximate surface area is 88.8 Å². The summed E-state index contributed by atoms with van der Waals surface area (Å²) >= 11 is 0. The van der Waals surface area contributed by atoms with Crippen LogP contribution in [-0.4, -0.2) is 22.2 Å². The van der Waals surface area contributed by atoms with Crippen molar-refractivity contribution in [3.63, 3.8) is 0 Å². The molecule has 0 aliphatic carbocycles. The zero-order valence-electron chi connectivity index (χ0n) is 9.06. The minimum absolute atomic E-state index is 0.0763. The van der Waals surface area contributed by atoms with Crippen LogP contribution in [0.15, 0.2) is 34.6 Å². The summed E-state index contributed by atoms with van der Waals surface area (Å²) in [4.78, 5) is 15.0. The third-order valence-corrected chi connectivity index (χ3v) is 1.90. The number of hydrogen-bond acceptors (Lipinski definition) is 4. The van der Waals surface area contributed by atoms with E-state index in [1.807, 2.05) is 18.2 Å². The first-order valence-corrected chi connectivity index (χ1v) is 4.62. The molecule has 78 valence electrons. The first-order chi connectivity index (χ1) is 7.11. The molecule has 4 nitrogen and oxygen atoms in total. The standard InChI is InChI=1S/C11H13N3O/c1-8(10(3)15)13-14-9(2)11-6-4-5-7-12-11/h4-7H,1-3H3/b13-8+,14-9+. The molecule has 0 amide bonds. The molecule has 0 bridgehead atoms. The van der Waals surface area contributed by atoms with Crippen molar-refractivity contribution >= 4 is 17.2 Å². The third-order valence-electron chi connectivity index (χ3n) is 1.90. The molecular formula is C11H13N3O. The summed E-state index contributed by atoms with van der Waals surface area (Å²) in [6, 6.07) is 5.56. The summed E-state index contributed by atoms with van der Waals surface area (Å²) in [5, 5.41) is 7.75. The fraction of sp³-hybridized carbons (Fsp3) is 0.273. The topological polar surface area (TPSA) is 54.7 Å². The van der Waals surface area contributed by atoms with Gasteiger partial charge in [-0.15, -0.1) is 0 Å². The highest BCUT2D eigenvalue weighted by Crippen LogP contribution is 1.97. The number of hydrogen-bond donors (Lipinski definition) is 0. The highest BCUT2D eigenvalue weighted by atomic mass is 16.1. The van der Waals surface area contributed by atoms with E-state index in [-0.39, 0.29) is 5.78 Å². The maximum atomic E-state index is 10.9. The molecule has 0 aliphatic rings. The normalized spacial score (nSPS) is 12.7. The molecule has 0 saturated carbocycles. The molecule has 15 heavy (non-hydrogen) atoms. The predicted molar refractivity (Wildman–Crippen MR) is 60.2 cm³/mol. The van der Waals surface area contributed by atoms with E-state index in [0.717, 1.165) is 5.69 Å². The average molecular weight is 203 g/mol. The predicted octanol–water partition coefficient (Wildman–Crippen LogP) is 1.86. The number of carbonyl (C=O) groups excluding carboxylic acids is 1. The van der Waals surface area contributed by atoms with Gasteiger partial charge >= 0.3 is 0 Å². The van der Waals surface area contributed by atoms with Crippen molar-refractivity contribution in [2.45, 2.75) is 20.8 Å². The Hall–Kier alpha value is -1.84. The maximum Gasteiger partial charge on any atom is 0.175 e. The van der Waals surface area contributed by atoms with Gasteiger partial charge in [-0.2, -0.15) is 10.2 Å². The molecular weight excluding hydrogens is 190 g/mol. The van der Waals surface area contributed by atoms with Gasteiger partial charge in [0.15, 0.2) is 5.78 Å². The van der Waals surface area contributed by atoms with E-state index in [0.29, 0.717) is 11.4 Å². The lowest BCUT2D eigenvalue weighted by Gasteiger charge is -1.96. The minimum atomic E-state index is -0.0763. The number of Topliss-reactive ketones (excluding diaryl/α,β-unsaturated/α-hetero) is 1.